The van der Waals surface area contributed by atoms with Crippen LogP contribution >= 0.6 is 12.4 Å². The second-order valence-corrected chi connectivity index (χ2v) is 7.13. The molecule has 0 amide bonds. The van der Waals surface area contributed by atoms with Crippen molar-refractivity contribution in [3.8, 4) is 5.75 Å². The summed E-state index contributed by atoms with van der Waals surface area (Å²) >= 11 is 0. The van der Waals surface area contributed by atoms with Gasteiger partial charge in [-0.05, 0) is 43.2 Å². The van der Waals surface area contributed by atoms with Crippen LogP contribution in [0.25, 0.3) is 11.0 Å². The first-order chi connectivity index (χ1) is 13.7. The summed E-state index contributed by atoms with van der Waals surface area (Å²) in [6.45, 7) is 7.85. The Morgan fingerprint density at radius 2 is 1.90 bits per heavy atom. The van der Waals surface area contributed by atoms with Gasteiger partial charge < -0.3 is 14.1 Å². The summed E-state index contributed by atoms with van der Waals surface area (Å²) in [5.41, 5.74) is 1.45. The SMILES string of the molecule is Cc1cccnc1N1CCN(CCCOc2ccc3ccc(=O)oc3c2)CC1.Cl. The minimum absolute atomic E-state index is 0. The van der Waals surface area contributed by atoms with E-state index in [0.717, 1.165) is 56.1 Å². The van der Waals surface area contributed by atoms with E-state index in [9.17, 15) is 4.79 Å². The maximum absolute atomic E-state index is 11.3. The third-order valence-corrected chi connectivity index (χ3v) is 5.14. The molecule has 0 spiro atoms. The van der Waals surface area contributed by atoms with E-state index in [1.165, 1.54) is 11.6 Å². The highest BCUT2D eigenvalue weighted by Crippen LogP contribution is 2.20. The Morgan fingerprint density at radius 3 is 2.69 bits per heavy atom. The number of anilines is 1. The third-order valence-electron chi connectivity index (χ3n) is 5.14. The van der Waals surface area contributed by atoms with Gasteiger partial charge in [-0.2, -0.15) is 0 Å². The molecule has 2 aromatic heterocycles. The second-order valence-electron chi connectivity index (χ2n) is 7.13. The van der Waals surface area contributed by atoms with Gasteiger partial charge in [0.1, 0.15) is 17.2 Å². The van der Waals surface area contributed by atoms with Gasteiger partial charge in [0.25, 0.3) is 0 Å². The molecule has 1 aliphatic rings. The van der Waals surface area contributed by atoms with Crippen molar-refractivity contribution in [2.24, 2.45) is 0 Å². The van der Waals surface area contributed by atoms with Crippen LogP contribution in [0.4, 0.5) is 5.82 Å². The molecule has 3 aromatic rings. The number of pyridine rings is 1. The number of aromatic nitrogens is 1. The first kappa shape index (κ1) is 21.1. The Balaban J connectivity index is 0.00000240. The first-order valence-electron chi connectivity index (χ1n) is 9.75. The zero-order chi connectivity index (χ0) is 19.3. The number of ether oxygens (including phenoxy) is 1. The number of halogens is 1. The maximum atomic E-state index is 11.3. The number of hydrogen-bond donors (Lipinski definition) is 0. The number of aryl methyl sites for hydroxylation is 1. The van der Waals surface area contributed by atoms with Crippen molar-refractivity contribution in [2.75, 3.05) is 44.2 Å². The first-order valence-corrected chi connectivity index (χ1v) is 9.75. The molecule has 29 heavy (non-hydrogen) atoms. The lowest BCUT2D eigenvalue weighted by Gasteiger charge is -2.36. The number of piperazine rings is 1. The van der Waals surface area contributed by atoms with Crippen LogP contribution in [0.1, 0.15) is 12.0 Å². The van der Waals surface area contributed by atoms with Gasteiger partial charge in [-0.3, -0.25) is 4.90 Å². The average molecular weight is 416 g/mol. The summed E-state index contributed by atoms with van der Waals surface area (Å²) in [5, 5.41) is 0.896. The van der Waals surface area contributed by atoms with Crippen LogP contribution < -0.4 is 15.3 Å². The molecule has 6 nitrogen and oxygen atoms in total. The van der Waals surface area contributed by atoms with Gasteiger partial charge in [0.15, 0.2) is 0 Å². The fraction of sp³-hybridized carbons (Fsp3) is 0.364. The van der Waals surface area contributed by atoms with Gasteiger partial charge >= 0.3 is 5.63 Å². The minimum Gasteiger partial charge on any atom is -0.493 e. The maximum Gasteiger partial charge on any atom is 0.336 e. The minimum atomic E-state index is -0.343. The number of fused-ring (bicyclic) bond motifs is 1. The Kier molecular flexibility index (Phi) is 7.12. The Labute approximate surface area is 176 Å². The molecular formula is C22H26ClN3O3. The Morgan fingerprint density at radius 1 is 1.10 bits per heavy atom. The lowest BCUT2D eigenvalue weighted by molar-refractivity contribution is 0.224. The normalized spacial score (nSPS) is 14.6. The van der Waals surface area contributed by atoms with Gasteiger partial charge in [-0.15, -0.1) is 12.4 Å². The summed E-state index contributed by atoms with van der Waals surface area (Å²) in [6.07, 6.45) is 2.82. The second kappa shape index (κ2) is 9.76. The monoisotopic (exact) mass is 415 g/mol. The van der Waals surface area contributed by atoms with E-state index in [1.54, 1.807) is 12.1 Å². The highest BCUT2D eigenvalue weighted by Gasteiger charge is 2.18. The molecule has 1 saturated heterocycles. The van der Waals surface area contributed by atoms with Crippen molar-refractivity contribution < 1.29 is 9.15 Å². The molecule has 1 aromatic carbocycles. The molecule has 0 saturated carbocycles. The summed E-state index contributed by atoms with van der Waals surface area (Å²) in [7, 11) is 0. The molecule has 3 heterocycles. The molecule has 0 N–H and O–H groups in total. The van der Waals surface area contributed by atoms with Crippen LogP contribution in [-0.4, -0.2) is 49.2 Å². The standard InChI is InChI=1S/C22H25N3O3.ClH/c1-17-4-2-9-23-22(17)25-13-11-24(12-14-25)10-3-15-27-19-7-5-18-6-8-21(26)28-20(18)16-19;/h2,4-9,16H,3,10-15H2,1H3;1H. The van der Waals surface area contributed by atoms with Crippen LogP contribution in [0, 0.1) is 6.92 Å². The van der Waals surface area contributed by atoms with Crippen LogP contribution in [-0.2, 0) is 0 Å². The van der Waals surface area contributed by atoms with Gasteiger partial charge in [-0.25, -0.2) is 9.78 Å². The molecule has 0 atom stereocenters. The zero-order valence-electron chi connectivity index (χ0n) is 16.5. The molecule has 1 aliphatic heterocycles. The van der Waals surface area contributed by atoms with Crippen molar-refractivity contribution in [2.45, 2.75) is 13.3 Å². The lowest BCUT2D eigenvalue weighted by Crippen LogP contribution is -2.47. The molecule has 0 radical (unpaired) electrons. The number of hydrogen-bond acceptors (Lipinski definition) is 6. The summed E-state index contributed by atoms with van der Waals surface area (Å²) in [6, 6.07) is 12.9. The van der Waals surface area contributed by atoms with E-state index >= 15 is 0 Å². The predicted molar refractivity (Wildman–Crippen MR) is 117 cm³/mol. The molecule has 1 fully saturated rings. The number of rotatable bonds is 6. The number of nitrogens with zero attached hydrogens (tertiary/aromatic N) is 3. The smallest absolute Gasteiger partial charge is 0.336 e. The van der Waals surface area contributed by atoms with Crippen molar-refractivity contribution in [1.29, 1.82) is 0 Å². The summed E-state index contributed by atoms with van der Waals surface area (Å²) < 4.78 is 11.0. The van der Waals surface area contributed by atoms with E-state index in [1.807, 2.05) is 24.4 Å². The van der Waals surface area contributed by atoms with Crippen molar-refractivity contribution >= 4 is 29.2 Å². The molecule has 4 rings (SSSR count). The predicted octanol–water partition coefficient (Wildman–Crippen LogP) is 3.51. The van der Waals surface area contributed by atoms with Crippen LogP contribution in [0.5, 0.6) is 5.75 Å². The van der Waals surface area contributed by atoms with Gasteiger partial charge in [0.2, 0.25) is 0 Å². The molecular weight excluding hydrogens is 390 g/mol. The highest BCUT2D eigenvalue weighted by atomic mass is 35.5. The zero-order valence-corrected chi connectivity index (χ0v) is 17.4. The fourth-order valence-corrected chi connectivity index (χ4v) is 3.60. The Bertz CT molecular complexity index is 1000. The molecule has 7 heteroatoms. The highest BCUT2D eigenvalue weighted by molar-refractivity contribution is 5.85. The summed E-state index contributed by atoms with van der Waals surface area (Å²) in [4.78, 5) is 20.7. The van der Waals surface area contributed by atoms with Gasteiger partial charge in [-0.1, -0.05) is 6.07 Å². The number of benzene rings is 1. The van der Waals surface area contributed by atoms with E-state index in [4.69, 9.17) is 9.15 Å². The third kappa shape index (κ3) is 5.28. The molecule has 0 bridgehead atoms. The van der Waals surface area contributed by atoms with Crippen LogP contribution in [0.2, 0.25) is 0 Å². The topological polar surface area (TPSA) is 58.8 Å². The Hall–Kier alpha value is -2.57. The van der Waals surface area contributed by atoms with E-state index in [-0.39, 0.29) is 18.0 Å². The van der Waals surface area contributed by atoms with Crippen molar-refractivity contribution in [3.63, 3.8) is 0 Å². The van der Waals surface area contributed by atoms with Crippen LogP contribution in [0.3, 0.4) is 0 Å². The van der Waals surface area contributed by atoms with Crippen LogP contribution in [0.15, 0.2) is 57.9 Å². The molecule has 154 valence electrons. The molecule has 0 unspecified atom stereocenters. The van der Waals surface area contributed by atoms with E-state index in [0.29, 0.717) is 12.2 Å². The quantitative estimate of drug-likeness (QED) is 0.453. The van der Waals surface area contributed by atoms with Gasteiger partial charge in [0.05, 0.1) is 6.61 Å². The van der Waals surface area contributed by atoms with E-state index < -0.39 is 0 Å². The average Bonchev–Trinajstić information content (AvgIpc) is 2.72. The van der Waals surface area contributed by atoms with Crippen molar-refractivity contribution in [3.05, 3.63) is 64.6 Å². The largest absolute Gasteiger partial charge is 0.493 e. The van der Waals surface area contributed by atoms with E-state index in [2.05, 4.69) is 27.8 Å². The van der Waals surface area contributed by atoms with Crippen molar-refractivity contribution in [1.82, 2.24) is 9.88 Å². The van der Waals surface area contributed by atoms with Gasteiger partial charge in [0, 0.05) is 56.4 Å². The summed E-state index contributed by atoms with van der Waals surface area (Å²) in [5.74, 6) is 1.84. The molecule has 0 aliphatic carbocycles. The lowest BCUT2D eigenvalue weighted by atomic mass is 10.2. The fourth-order valence-electron chi connectivity index (χ4n) is 3.60.